The van der Waals surface area contributed by atoms with Crippen molar-refractivity contribution in [2.24, 2.45) is 0 Å². The molecule has 0 bridgehead atoms. The third-order valence-corrected chi connectivity index (χ3v) is 6.81. The molecule has 0 amide bonds. The Morgan fingerprint density at radius 1 is 0.943 bits per heavy atom. The number of fused-ring (bicyclic) bond motifs is 6. The van der Waals surface area contributed by atoms with Crippen LogP contribution in [0.5, 0.6) is 11.6 Å². The van der Waals surface area contributed by atoms with Gasteiger partial charge in [-0.05, 0) is 42.0 Å². The molecular weight excluding hydrogens is 510 g/mol. The molecule has 8 nitrogen and oxygen atoms in total. The summed E-state index contributed by atoms with van der Waals surface area (Å²) in [5.41, 5.74) is 3.23. The summed E-state index contributed by atoms with van der Waals surface area (Å²) < 4.78 is 14.5. The number of hydrogen-bond donors (Lipinski definition) is 0. The molecule has 1 unspecified atom stereocenters. The van der Waals surface area contributed by atoms with Crippen molar-refractivity contribution in [2.45, 2.75) is 5.92 Å². The fraction of sp³-hybridized carbons (Fsp3) is 0.0385. The quantitative estimate of drug-likeness (QED) is 0.282. The first-order chi connectivity index (χ1) is 17.2. The SMILES string of the molecule is O=c1oc2ccccc2c2c1C(c1ccncc1)c1c(ncn3nc(-c4ccccc4Br)nc13)O2. The van der Waals surface area contributed by atoms with Gasteiger partial charge in [-0.3, -0.25) is 4.98 Å². The highest BCUT2D eigenvalue weighted by atomic mass is 79.9. The summed E-state index contributed by atoms with van der Waals surface area (Å²) in [6.45, 7) is 0. The molecule has 35 heavy (non-hydrogen) atoms. The fourth-order valence-corrected chi connectivity index (χ4v) is 5.04. The monoisotopic (exact) mass is 523 g/mol. The van der Waals surface area contributed by atoms with Gasteiger partial charge < -0.3 is 9.15 Å². The third-order valence-electron chi connectivity index (χ3n) is 6.12. The number of benzene rings is 2. The van der Waals surface area contributed by atoms with E-state index in [1.165, 1.54) is 0 Å². The number of halogens is 1. The molecule has 168 valence electrons. The molecule has 1 aliphatic heterocycles. The molecule has 0 saturated carbocycles. The highest BCUT2D eigenvalue weighted by Crippen LogP contribution is 2.48. The highest BCUT2D eigenvalue weighted by Gasteiger charge is 2.37. The molecule has 1 atom stereocenters. The summed E-state index contributed by atoms with van der Waals surface area (Å²) in [6.07, 6.45) is 4.96. The van der Waals surface area contributed by atoms with Gasteiger partial charge in [0.1, 0.15) is 11.9 Å². The maximum atomic E-state index is 13.3. The van der Waals surface area contributed by atoms with Crippen LogP contribution in [0.25, 0.3) is 28.0 Å². The summed E-state index contributed by atoms with van der Waals surface area (Å²) in [4.78, 5) is 26.9. The first-order valence-electron chi connectivity index (χ1n) is 10.8. The Morgan fingerprint density at radius 3 is 2.60 bits per heavy atom. The molecule has 7 rings (SSSR count). The minimum atomic E-state index is -0.537. The number of pyridine rings is 1. The van der Waals surface area contributed by atoms with E-state index in [1.54, 1.807) is 29.3 Å². The lowest BCUT2D eigenvalue weighted by Gasteiger charge is -2.27. The van der Waals surface area contributed by atoms with Crippen LogP contribution in [0.3, 0.4) is 0 Å². The van der Waals surface area contributed by atoms with Crippen LogP contribution < -0.4 is 10.4 Å². The largest absolute Gasteiger partial charge is 0.437 e. The van der Waals surface area contributed by atoms with Gasteiger partial charge in [0, 0.05) is 22.4 Å². The lowest BCUT2D eigenvalue weighted by Crippen LogP contribution is -2.22. The average molecular weight is 524 g/mol. The zero-order valence-corrected chi connectivity index (χ0v) is 19.5. The van der Waals surface area contributed by atoms with E-state index in [9.17, 15) is 4.79 Å². The minimum absolute atomic E-state index is 0.369. The van der Waals surface area contributed by atoms with E-state index in [-0.39, 0.29) is 0 Å². The van der Waals surface area contributed by atoms with Gasteiger partial charge in [-0.1, -0.05) is 40.2 Å². The lowest BCUT2D eigenvalue weighted by molar-refractivity contribution is 0.422. The predicted molar refractivity (Wildman–Crippen MR) is 132 cm³/mol. The number of nitrogens with zero attached hydrogens (tertiary/aromatic N) is 5. The summed E-state index contributed by atoms with van der Waals surface area (Å²) >= 11 is 3.58. The molecule has 0 N–H and O–H groups in total. The van der Waals surface area contributed by atoms with Crippen molar-refractivity contribution in [2.75, 3.05) is 0 Å². The number of aromatic nitrogens is 5. The van der Waals surface area contributed by atoms with Crippen LogP contribution in [-0.4, -0.2) is 24.6 Å². The van der Waals surface area contributed by atoms with Crippen molar-refractivity contribution in [3.8, 4) is 23.0 Å². The Morgan fingerprint density at radius 2 is 1.74 bits per heavy atom. The van der Waals surface area contributed by atoms with Crippen LogP contribution in [0.4, 0.5) is 0 Å². The van der Waals surface area contributed by atoms with Crippen LogP contribution in [-0.2, 0) is 0 Å². The number of para-hydroxylation sites is 1. The molecule has 0 spiro atoms. The van der Waals surface area contributed by atoms with E-state index in [2.05, 4.69) is 31.0 Å². The first kappa shape index (κ1) is 20.0. The van der Waals surface area contributed by atoms with Gasteiger partial charge in [-0.25, -0.2) is 19.3 Å². The normalized spacial score (nSPS) is 14.5. The van der Waals surface area contributed by atoms with E-state index < -0.39 is 11.5 Å². The molecule has 0 fully saturated rings. The second-order valence-corrected chi connectivity index (χ2v) is 8.95. The van der Waals surface area contributed by atoms with Crippen LogP contribution in [0, 0.1) is 0 Å². The van der Waals surface area contributed by atoms with Gasteiger partial charge in [0.15, 0.2) is 17.2 Å². The van der Waals surface area contributed by atoms with Gasteiger partial charge >= 0.3 is 5.63 Å². The molecule has 4 aromatic heterocycles. The zero-order chi connectivity index (χ0) is 23.5. The van der Waals surface area contributed by atoms with Crippen LogP contribution in [0.2, 0.25) is 0 Å². The summed E-state index contributed by atoms with van der Waals surface area (Å²) in [5.74, 6) is 0.796. The third kappa shape index (κ3) is 3.01. The number of hydrogen-bond acceptors (Lipinski definition) is 7. The van der Waals surface area contributed by atoms with Crippen LogP contribution in [0.1, 0.15) is 22.6 Å². The minimum Gasteiger partial charge on any atom is -0.437 e. The van der Waals surface area contributed by atoms with Gasteiger partial charge in [-0.2, -0.15) is 0 Å². The van der Waals surface area contributed by atoms with Gasteiger partial charge in [0.05, 0.1) is 22.4 Å². The van der Waals surface area contributed by atoms with Gasteiger partial charge in [0.2, 0.25) is 5.88 Å². The van der Waals surface area contributed by atoms with Crippen molar-refractivity contribution < 1.29 is 9.15 Å². The maximum absolute atomic E-state index is 13.3. The zero-order valence-electron chi connectivity index (χ0n) is 17.9. The smallest absolute Gasteiger partial charge is 0.344 e. The Hall–Kier alpha value is -4.37. The van der Waals surface area contributed by atoms with Crippen LogP contribution >= 0.6 is 15.9 Å². The Bertz CT molecular complexity index is 1830. The fourth-order valence-electron chi connectivity index (χ4n) is 4.58. The van der Waals surface area contributed by atoms with Crippen molar-refractivity contribution >= 4 is 32.5 Å². The maximum Gasteiger partial charge on any atom is 0.344 e. The van der Waals surface area contributed by atoms with E-state index >= 15 is 0 Å². The molecule has 9 heteroatoms. The van der Waals surface area contributed by atoms with E-state index in [0.29, 0.717) is 45.2 Å². The second kappa shape index (κ2) is 7.57. The van der Waals surface area contributed by atoms with Crippen molar-refractivity contribution in [1.82, 2.24) is 24.6 Å². The Balaban J connectivity index is 1.56. The summed E-state index contributed by atoms with van der Waals surface area (Å²) in [5, 5.41) is 5.35. The first-order valence-corrected chi connectivity index (χ1v) is 11.6. The van der Waals surface area contributed by atoms with Crippen molar-refractivity contribution in [1.29, 1.82) is 0 Å². The number of ether oxygens (including phenoxy) is 1. The molecule has 1 aliphatic rings. The van der Waals surface area contributed by atoms with Crippen LogP contribution in [0.15, 0.2) is 93.1 Å². The predicted octanol–water partition coefficient (Wildman–Crippen LogP) is 5.34. The van der Waals surface area contributed by atoms with E-state index in [0.717, 1.165) is 15.6 Å². The van der Waals surface area contributed by atoms with Crippen molar-refractivity contribution in [3.63, 3.8) is 0 Å². The molecule has 2 aromatic carbocycles. The van der Waals surface area contributed by atoms with Gasteiger partial charge in [0.25, 0.3) is 0 Å². The molecule has 5 heterocycles. The van der Waals surface area contributed by atoms with E-state index in [4.69, 9.17) is 14.1 Å². The Labute approximate surface area is 206 Å². The molecule has 6 aromatic rings. The standard InChI is InChI=1S/C26H14BrN5O3/c27-17-7-3-1-5-15(17)23-30-24-21-19(14-9-11-28-12-10-14)20-22(35-25(21)29-13-32(24)31-23)16-6-2-4-8-18(16)34-26(20)33/h1-13,19H. The summed E-state index contributed by atoms with van der Waals surface area (Å²) in [7, 11) is 0. The molecule has 0 saturated heterocycles. The summed E-state index contributed by atoms with van der Waals surface area (Å²) in [6, 6.07) is 18.8. The van der Waals surface area contributed by atoms with E-state index in [1.807, 2.05) is 54.6 Å². The Kier molecular flexibility index (Phi) is 4.34. The highest BCUT2D eigenvalue weighted by molar-refractivity contribution is 9.10. The molecule has 0 aliphatic carbocycles. The topological polar surface area (TPSA) is 95.4 Å². The lowest BCUT2D eigenvalue weighted by atomic mass is 9.84. The molecular formula is C26H14BrN5O3. The second-order valence-electron chi connectivity index (χ2n) is 8.09. The molecule has 0 radical (unpaired) electrons. The average Bonchev–Trinajstić information content (AvgIpc) is 3.33. The van der Waals surface area contributed by atoms with Crippen molar-refractivity contribution in [3.05, 3.63) is 111 Å². The number of rotatable bonds is 2. The van der Waals surface area contributed by atoms with Gasteiger partial charge in [-0.15, -0.1) is 5.10 Å².